The van der Waals surface area contributed by atoms with Crippen molar-refractivity contribution >= 4 is 5.91 Å². The lowest BCUT2D eigenvalue weighted by Crippen LogP contribution is -2.53. The Morgan fingerprint density at radius 3 is 2.79 bits per heavy atom. The molecule has 3 N–H and O–H groups in total. The average molecular weight is 196 g/mol. The number of allylic oxidation sites excluding steroid dienone is 1. The highest BCUT2D eigenvalue weighted by atomic mass is 16.1. The van der Waals surface area contributed by atoms with Crippen LogP contribution in [-0.2, 0) is 4.79 Å². The second-order valence-electron chi connectivity index (χ2n) is 4.35. The summed E-state index contributed by atoms with van der Waals surface area (Å²) in [5, 5.41) is 3.27. The molecule has 0 heterocycles. The molecule has 0 saturated heterocycles. The predicted molar refractivity (Wildman–Crippen MR) is 57.8 cm³/mol. The Labute approximate surface area is 85.7 Å². The predicted octanol–water partition coefficient (Wildman–Crippen LogP) is 1.20. The zero-order valence-electron chi connectivity index (χ0n) is 8.88. The van der Waals surface area contributed by atoms with Crippen molar-refractivity contribution in [1.29, 1.82) is 0 Å². The average Bonchev–Trinajstić information content (AvgIpc) is 2.94. The number of primary amides is 1. The molecule has 0 aromatic carbocycles. The Balaban J connectivity index is 2.40. The molecule has 3 nitrogen and oxygen atoms in total. The normalized spacial score (nSPS) is 20.1. The maximum Gasteiger partial charge on any atom is 0.237 e. The topological polar surface area (TPSA) is 55.1 Å². The molecule has 1 unspecified atom stereocenters. The largest absolute Gasteiger partial charge is 0.368 e. The van der Waals surface area contributed by atoms with E-state index in [2.05, 4.69) is 11.9 Å². The Bertz CT molecular complexity index is 223. The van der Waals surface area contributed by atoms with E-state index in [1.54, 1.807) is 0 Å². The molecular formula is C11H20N2O. The van der Waals surface area contributed by atoms with Gasteiger partial charge in [0, 0.05) is 0 Å². The molecule has 0 spiro atoms. The summed E-state index contributed by atoms with van der Waals surface area (Å²) in [5.74, 6) is 0.498. The number of rotatable bonds is 7. The van der Waals surface area contributed by atoms with Gasteiger partial charge in [0.15, 0.2) is 0 Å². The van der Waals surface area contributed by atoms with Crippen molar-refractivity contribution in [3.05, 3.63) is 12.7 Å². The van der Waals surface area contributed by atoms with E-state index < -0.39 is 5.54 Å². The number of carbonyl (C=O) groups is 1. The van der Waals surface area contributed by atoms with E-state index in [0.29, 0.717) is 0 Å². The third-order valence-electron chi connectivity index (χ3n) is 2.87. The van der Waals surface area contributed by atoms with Crippen molar-refractivity contribution in [1.82, 2.24) is 5.32 Å². The highest BCUT2D eigenvalue weighted by Gasteiger charge is 2.32. The fourth-order valence-electron chi connectivity index (χ4n) is 1.38. The van der Waals surface area contributed by atoms with Gasteiger partial charge in [0.2, 0.25) is 5.91 Å². The molecule has 1 saturated carbocycles. The molecule has 0 aromatic heterocycles. The van der Waals surface area contributed by atoms with Crippen molar-refractivity contribution in [2.45, 2.75) is 38.1 Å². The number of nitrogens with one attached hydrogen (secondary N) is 1. The van der Waals surface area contributed by atoms with Crippen LogP contribution in [0.5, 0.6) is 0 Å². The van der Waals surface area contributed by atoms with Crippen LogP contribution in [0.1, 0.15) is 32.6 Å². The first kappa shape index (κ1) is 11.2. The van der Waals surface area contributed by atoms with E-state index in [-0.39, 0.29) is 5.91 Å². The second kappa shape index (κ2) is 4.60. The van der Waals surface area contributed by atoms with Crippen LogP contribution in [0.3, 0.4) is 0 Å². The second-order valence-corrected chi connectivity index (χ2v) is 4.35. The van der Waals surface area contributed by atoms with Crippen molar-refractivity contribution in [3.63, 3.8) is 0 Å². The summed E-state index contributed by atoms with van der Waals surface area (Å²) < 4.78 is 0. The lowest BCUT2D eigenvalue weighted by molar-refractivity contribution is -0.124. The maximum absolute atomic E-state index is 11.3. The van der Waals surface area contributed by atoms with Crippen molar-refractivity contribution in [2.24, 2.45) is 11.7 Å². The Morgan fingerprint density at radius 2 is 2.36 bits per heavy atom. The van der Waals surface area contributed by atoms with Crippen LogP contribution in [0.4, 0.5) is 0 Å². The van der Waals surface area contributed by atoms with Gasteiger partial charge in [-0.05, 0) is 45.1 Å². The molecule has 1 rings (SSSR count). The molecule has 1 fully saturated rings. The van der Waals surface area contributed by atoms with E-state index in [4.69, 9.17) is 5.73 Å². The van der Waals surface area contributed by atoms with Crippen LogP contribution in [-0.4, -0.2) is 18.0 Å². The van der Waals surface area contributed by atoms with Crippen LogP contribution >= 0.6 is 0 Å². The lowest BCUT2D eigenvalue weighted by Gasteiger charge is -2.27. The standard InChI is InChI=1S/C11H20N2O/c1-3-4-7-11(2,10(12)14)13-8-9-5-6-9/h3,9,13H,1,4-8H2,2H3,(H2,12,14). The smallest absolute Gasteiger partial charge is 0.237 e. The fraction of sp³-hybridized carbons (Fsp3) is 0.727. The minimum atomic E-state index is -0.559. The van der Waals surface area contributed by atoms with E-state index >= 15 is 0 Å². The van der Waals surface area contributed by atoms with Gasteiger partial charge >= 0.3 is 0 Å². The van der Waals surface area contributed by atoms with Crippen molar-refractivity contribution < 1.29 is 4.79 Å². The molecule has 1 amide bonds. The van der Waals surface area contributed by atoms with Gasteiger partial charge in [-0.15, -0.1) is 6.58 Å². The molecule has 0 aromatic rings. The first-order chi connectivity index (χ1) is 6.58. The Kier molecular flexibility index (Phi) is 3.69. The maximum atomic E-state index is 11.3. The third-order valence-corrected chi connectivity index (χ3v) is 2.87. The van der Waals surface area contributed by atoms with E-state index in [9.17, 15) is 4.79 Å². The summed E-state index contributed by atoms with van der Waals surface area (Å²) in [4.78, 5) is 11.3. The molecule has 0 bridgehead atoms. The number of carbonyl (C=O) groups excluding carboxylic acids is 1. The Morgan fingerprint density at radius 1 is 1.71 bits per heavy atom. The minimum Gasteiger partial charge on any atom is -0.368 e. The van der Waals surface area contributed by atoms with Crippen LogP contribution < -0.4 is 11.1 Å². The summed E-state index contributed by atoms with van der Waals surface area (Å²) in [7, 11) is 0. The monoisotopic (exact) mass is 196 g/mol. The summed E-state index contributed by atoms with van der Waals surface area (Å²) in [6.45, 7) is 6.44. The van der Waals surface area contributed by atoms with Gasteiger partial charge in [-0.1, -0.05) is 6.08 Å². The lowest BCUT2D eigenvalue weighted by atomic mass is 9.94. The molecule has 0 aliphatic heterocycles. The van der Waals surface area contributed by atoms with E-state index in [1.165, 1.54) is 12.8 Å². The third kappa shape index (κ3) is 3.14. The van der Waals surface area contributed by atoms with Crippen LogP contribution in [0, 0.1) is 5.92 Å². The first-order valence-electron chi connectivity index (χ1n) is 5.24. The van der Waals surface area contributed by atoms with Gasteiger partial charge in [-0.3, -0.25) is 4.79 Å². The molecule has 80 valence electrons. The molecule has 0 radical (unpaired) electrons. The molecule has 3 heteroatoms. The van der Waals surface area contributed by atoms with Gasteiger partial charge in [-0.25, -0.2) is 0 Å². The quantitative estimate of drug-likeness (QED) is 0.601. The van der Waals surface area contributed by atoms with Gasteiger partial charge in [0.25, 0.3) is 0 Å². The first-order valence-corrected chi connectivity index (χ1v) is 5.24. The zero-order valence-corrected chi connectivity index (χ0v) is 8.88. The molecule has 1 atom stereocenters. The van der Waals surface area contributed by atoms with Gasteiger partial charge in [-0.2, -0.15) is 0 Å². The SMILES string of the molecule is C=CCCC(C)(NCC1CC1)C(N)=O. The van der Waals surface area contributed by atoms with Crippen LogP contribution in [0.25, 0.3) is 0 Å². The van der Waals surface area contributed by atoms with Crippen LogP contribution in [0.15, 0.2) is 12.7 Å². The summed E-state index contributed by atoms with van der Waals surface area (Å²) >= 11 is 0. The highest BCUT2D eigenvalue weighted by Crippen LogP contribution is 2.28. The van der Waals surface area contributed by atoms with Gasteiger partial charge < -0.3 is 11.1 Å². The molecule has 1 aliphatic rings. The molecule has 1 aliphatic carbocycles. The minimum absolute atomic E-state index is 0.264. The molecule has 14 heavy (non-hydrogen) atoms. The summed E-state index contributed by atoms with van der Waals surface area (Å²) in [6.07, 6.45) is 5.93. The van der Waals surface area contributed by atoms with E-state index in [0.717, 1.165) is 25.3 Å². The Hall–Kier alpha value is -0.830. The number of hydrogen-bond acceptors (Lipinski definition) is 2. The summed E-state index contributed by atoms with van der Waals surface area (Å²) in [6, 6.07) is 0. The van der Waals surface area contributed by atoms with E-state index in [1.807, 2.05) is 13.0 Å². The van der Waals surface area contributed by atoms with Crippen molar-refractivity contribution in [3.8, 4) is 0 Å². The van der Waals surface area contributed by atoms with Crippen LogP contribution in [0.2, 0.25) is 0 Å². The zero-order chi connectivity index (χ0) is 10.6. The number of amides is 1. The van der Waals surface area contributed by atoms with Gasteiger partial charge in [0.05, 0.1) is 5.54 Å². The molecular weight excluding hydrogens is 176 g/mol. The van der Waals surface area contributed by atoms with Crippen molar-refractivity contribution in [2.75, 3.05) is 6.54 Å². The van der Waals surface area contributed by atoms with Gasteiger partial charge in [0.1, 0.15) is 0 Å². The fourth-order valence-corrected chi connectivity index (χ4v) is 1.38. The number of hydrogen-bond donors (Lipinski definition) is 2. The summed E-state index contributed by atoms with van der Waals surface area (Å²) in [5.41, 5.74) is 4.82. The highest BCUT2D eigenvalue weighted by molar-refractivity contribution is 5.84. The number of nitrogens with two attached hydrogens (primary N) is 1.